The highest BCUT2D eigenvalue weighted by Gasteiger charge is 2.30. The van der Waals surface area contributed by atoms with E-state index in [-0.39, 0.29) is 18.6 Å². The van der Waals surface area contributed by atoms with Crippen LogP contribution >= 0.6 is 0 Å². The zero-order chi connectivity index (χ0) is 12.6. The molecule has 0 saturated heterocycles. The van der Waals surface area contributed by atoms with Crippen LogP contribution in [0.4, 0.5) is 0 Å². The van der Waals surface area contributed by atoms with Crippen LogP contribution in [0, 0.1) is 5.41 Å². The van der Waals surface area contributed by atoms with Crippen LogP contribution in [-0.2, 0) is 9.59 Å². The van der Waals surface area contributed by atoms with Crippen molar-refractivity contribution in [3.63, 3.8) is 0 Å². The van der Waals surface area contributed by atoms with E-state index in [1.54, 1.807) is 0 Å². The van der Waals surface area contributed by atoms with Gasteiger partial charge in [-0.15, -0.1) is 0 Å². The maximum absolute atomic E-state index is 9.10. The third-order valence-electron chi connectivity index (χ3n) is 2.77. The molecule has 0 aromatic heterocycles. The Morgan fingerprint density at radius 1 is 0.875 bits per heavy atom. The maximum atomic E-state index is 9.10. The Bertz CT molecular complexity index is 213. The second-order valence-electron chi connectivity index (χ2n) is 3.99. The van der Waals surface area contributed by atoms with Crippen molar-refractivity contribution in [2.45, 2.75) is 32.1 Å². The maximum Gasteiger partial charge on any atom is 0.414 e. The Hall–Kier alpha value is -1.14. The van der Waals surface area contributed by atoms with Crippen LogP contribution in [-0.4, -0.2) is 45.6 Å². The fraction of sp³-hybridized carbons (Fsp3) is 0.800. The zero-order valence-corrected chi connectivity index (χ0v) is 9.06. The van der Waals surface area contributed by atoms with Crippen molar-refractivity contribution in [1.29, 1.82) is 0 Å². The molecule has 0 spiro atoms. The standard InChI is InChI=1S/C8H16O2.C2H2O4/c9-6-8(7-10)4-2-1-3-5-8;3-1(4)2(5)6/h9-10H,1-7H2;(H,3,4)(H,5,6). The van der Waals surface area contributed by atoms with Gasteiger partial charge in [-0.05, 0) is 12.8 Å². The molecule has 0 aromatic carbocycles. The van der Waals surface area contributed by atoms with E-state index in [0.717, 1.165) is 12.8 Å². The highest BCUT2D eigenvalue weighted by Crippen LogP contribution is 2.34. The Morgan fingerprint density at radius 2 is 1.25 bits per heavy atom. The van der Waals surface area contributed by atoms with Gasteiger partial charge in [-0.2, -0.15) is 0 Å². The Labute approximate surface area is 93.5 Å². The fourth-order valence-corrected chi connectivity index (χ4v) is 1.67. The number of aliphatic hydroxyl groups is 2. The van der Waals surface area contributed by atoms with E-state index in [0.29, 0.717) is 0 Å². The first-order valence-corrected chi connectivity index (χ1v) is 5.15. The molecule has 16 heavy (non-hydrogen) atoms. The van der Waals surface area contributed by atoms with E-state index >= 15 is 0 Å². The second-order valence-corrected chi connectivity index (χ2v) is 3.99. The number of rotatable bonds is 2. The van der Waals surface area contributed by atoms with Crippen molar-refractivity contribution in [3.8, 4) is 0 Å². The first-order valence-electron chi connectivity index (χ1n) is 5.15. The molecule has 0 bridgehead atoms. The summed E-state index contributed by atoms with van der Waals surface area (Å²) in [5.74, 6) is -3.65. The molecule has 6 nitrogen and oxygen atoms in total. The van der Waals surface area contributed by atoms with Gasteiger partial charge in [-0.25, -0.2) is 9.59 Å². The third-order valence-corrected chi connectivity index (χ3v) is 2.77. The SMILES string of the molecule is O=C(O)C(=O)O.OCC1(CO)CCCCC1. The van der Waals surface area contributed by atoms with Crippen molar-refractivity contribution < 1.29 is 30.0 Å². The molecule has 94 valence electrons. The highest BCUT2D eigenvalue weighted by atomic mass is 16.4. The van der Waals surface area contributed by atoms with E-state index in [2.05, 4.69) is 0 Å². The Kier molecular flexibility index (Phi) is 6.67. The molecule has 1 aliphatic rings. The minimum atomic E-state index is -1.82. The van der Waals surface area contributed by atoms with Gasteiger partial charge in [-0.1, -0.05) is 19.3 Å². The van der Waals surface area contributed by atoms with Gasteiger partial charge in [0.25, 0.3) is 0 Å². The van der Waals surface area contributed by atoms with Gasteiger partial charge >= 0.3 is 11.9 Å². The van der Waals surface area contributed by atoms with Crippen LogP contribution in [0.15, 0.2) is 0 Å². The summed E-state index contributed by atoms with van der Waals surface area (Å²) >= 11 is 0. The zero-order valence-electron chi connectivity index (χ0n) is 9.06. The smallest absolute Gasteiger partial charge is 0.414 e. The lowest BCUT2D eigenvalue weighted by molar-refractivity contribution is -0.159. The van der Waals surface area contributed by atoms with E-state index < -0.39 is 11.9 Å². The number of carboxylic acids is 2. The molecule has 0 amide bonds. The third kappa shape index (κ3) is 5.09. The molecule has 0 aromatic rings. The van der Waals surface area contributed by atoms with E-state index in [1.807, 2.05) is 0 Å². The van der Waals surface area contributed by atoms with Crippen LogP contribution in [0.3, 0.4) is 0 Å². The summed E-state index contributed by atoms with van der Waals surface area (Å²) in [5.41, 5.74) is -0.127. The van der Waals surface area contributed by atoms with Gasteiger partial charge in [0.05, 0.1) is 13.2 Å². The van der Waals surface area contributed by atoms with Gasteiger partial charge in [0.1, 0.15) is 0 Å². The van der Waals surface area contributed by atoms with Crippen LogP contribution < -0.4 is 0 Å². The van der Waals surface area contributed by atoms with Crippen LogP contribution in [0.25, 0.3) is 0 Å². The van der Waals surface area contributed by atoms with Gasteiger partial charge in [0.2, 0.25) is 0 Å². The topological polar surface area (TPSA) is 115 Å². The predicted molar refractivity (Wildman–Crippen MR) is 55.0 cm³/mol. The van der Waals surface area contributed by atoms with E-state index in [9.17, 15) is 0 Å². The molecular formula is C10H18O6. The van der Waals surface area contributed by atoms with Crippen molar-refractivity contribution in [2.75, 3.05) is 13.2 Å². The molecule has 4 N–H and O–H groups in total. The molecular weight excluding hydrogens is 216 g/mol. The summed E-state index contributed by atoms with van der Waals surface area (Å²) < 4.78 is 0. The monoisotopic (exact) mass is 234 g/mol. The lowest BCUT2D eigenvalue weighted by atomic mass is 9.75. The number of aliphatic hydroxyl groups excluding tert-OH is 2. The van der Waals surface area contributed by atoms with Crippen LogP contribution in [0.1, 0.15) is 32.1 Å². The number of aliphatic carboxylic acids is 2. The normalized spacial score (nSPS) is 18.1. The summed E-state index contributed by atoms with van der Waals surface area (Å²) in [4.78, 5) is 18.2. The number of carboxylic acid groups (broad SMARTS) is 2. The molecule has 1 aliphatic carbocycles. The second kappa shape index (κ2) is 7.19. The fourth-order valence-electron chi connectivity index (χ4n) is 1.67. The molecule has 0 radical (unpaired) electrons. The van der Waals surface area contributed by atoms with Gasteiger partial charge in [0.15, 0.2) is 0 Å². The summed E-state index contributed by atoms with van der Waals surface area (Å²) in [6.07, 6.45) is 5.60. The van der Waals surface area contributed by atoms with Crippen LogP contribution in [0.5, 0.6) is 0 Å². The van der Waals surface area contributed by atoms with Gasteiger partial charge in [-0.3, -0.25) is 0 Å². The number of hydrogen-bond donors (Lipinski definition) is 4. The first-order chi connectivity index (χ1) is 7.47. The molecule has 0 heterocycles. The van der Waals surface area contributed by atoms with Crippen molar-refractivity contribution >= 4 is 11.9 Å². The molecule has 0 atom stereocenters. The minimum Gasteiger partial charge on any atom is -0.473 e. The number of carbonyl (C=O) groups is 2. The van der Waals surface area contributed by atoms with Gasteiger partial charge < -0.3 is 20.4 Å². The first kappa shape index (κ1) is 14.9. The number of hydrogen-bond acceptors (Lipinski definition) is 4. The van der Waals surface area contributed by atoms with Crippen molar-refractivity contribution in [2.24, 2.45) is 5.41 Å². The van der Waals surface area contributed by atoms with Crippen LogP contribution in [0.2, 0.25) is 0 Å². The molecule has 6 heteroatoms. The largest absolute Gasteiger partial charge is 0.473 e. The Balaban J connectivity index is 0.000000325. The van der Waals surface area contributed by atoms with Crippen molar-refractivity contribution in [1.82, 2.24) is 0 Å². The molecule has 1 rings (SSSR count). The summed E-state index contributed by atoms with van der Waals surface area (Å²) in [5, 5.41) is 32.7. The average Bonchev–Trinajstić information content (AvgIpc) is 2.30. The Morgan fingerprint density at radius 3 is 1.44 bits per heavy atom. The molecule has 0 aliphatic heterocycles. The molecule has 0 unspecified atom stereocenters. The quantitative estimate of drug-likeness (QED) is 0.503. The predicted octanol–water partition coefficient (Wildman–Crippen LogP) is 0.0771. The highest BCUT2D eigenvalue weighted by molar-refractivity contribution is 6.27. The van der Waals surface area contributed by atoms with Gasteiger partial charge in [0, 0.05) is 5.41 Å². The molecule has 1 saturated carbocycles. The summed E-state index contributed by atoms with van der Waals surface area (Å²) in [6.45, 7) is 0.312. The minimum absolute atomic E-state index is 0.127. The molecule has 1 fully saturated rings. The van der Waals surface area contributed by atoms with Crippen molar-refractivity contribution in [3.05, 3.63) is 0 Å². The van der Waals surface area contributed by atoms with E-state index in [1.165, 1.54) is 19.3 Å². The lowest BCUT2D eigenvalue weighted by Crippen LogP contribution is -2.31. The van der Waals surface area contributed by atoms with E-state index in [4.69, 9.17) is 30.0 Å². The lowest BCUT2D eigenvalue weighted by Gasteiger charge is -2.33. The summed E-state index contributed by atoms with van der Waals surface area (Å²) in [7, 11) is 0. The summed E-state index contributed by atoms with van der Waals surface area (Å²) in [6, 6.07) is 0. The average molecular weight is 234 g/mol.